The predicted molar refractivity (Wildman–Crippen MR) is 73.7 cm³/mol. The lowest BCUT2D eigenvalue weighted by atomic mass is 10.3. The minimum Gasteiger partial charge on any atom is -0.361 e. The third-order valence-corrected chi connectivity index (χ3v) is 3.65. The van der Waals surface area contributed by atoms with E-state index in [0.717, 1.165) is 12.1 Å². The van der Waals surface area contributed by atoms with Gasteiger partial charge in [-0.15, -0.1) is 0 Å². The zero-order valence-corrected chi connectivity index (χ0v) is 12.1. The summed E-state index contributed by atoms with van der Waals surface area (Å²) in [4.78, 5) is 43.5. The highest BCUT2D eigenvalue weighted by molar-refractivity contribution is 7.90. The van der Waals surface area contributed by atoms with E-state index in [2.05, 4.69) is 5.32 Å². The summed E-state index contributed by atoms with van der Waals surface area (Å²) < 4.78 is 25.2. The van der Waals surface area contributed by atoms with Crippen molar-refractivity contribution in [2.45, 2.75) is 4.90 Å². The van der Waals surface area contributed by atoms with Gasteiger partial charge in [-0.1, -0.05) is 0 Å². The van der Waals surface area contributed by atoms with Gasteiger partial charge in [-0.3, -0.25) is 19.2 Å². The first-order valence-electron chi connectivity index (χ1n) is 5.67. The Hall–Kier alpha value is -2.95. The molecule has 0 radical (unpaired) electrons. The van der Waals surface area contributed by atoms with Crippen LogP contribution < -0.4 is 21.1 Å². The minimum atomic E-state index is -4.24. The third kappa shape index (κ3) is 4.28. The molecule has 0 aliphatic carbocycles. The van der Waals surface area contributed by atoms with Gasteiger partial charge in [-0.25, -0.2) is 13.1 Å². The Bertz CT molecular complexity index is 725. The number of anilines is 1. The highest BCUT2D eigenvalue weighted by Gasteiger charge is 2.21. The van der Waals surface area contributed by atoms with Gasteiger partial charge in [0.25, 0.3) is 10.0 Å². The summed E-state index contributed by atoms with van der Waals surface area (Å²) in [5.74, 6) is -4.72. The Morgan fingerprint density at radius 3 is 1.95 bits per heavy atom. The Morgan fingerprint density at radius 2 is 1.50 bits per heavy atom. The van der Waals surface area contributed by atoms with E-state index < -0.39 is 33.7 Å². The number of hydrogen-bond donors (Lipinski definition) is 4. The van der Waals surface area contributed by atoms with Crippen LogP contribution in [0.4, 0.5) is 5.69 Å². The molecule has 0 saturated carbocycles. The Labute approximate surface area is 125 Å². The molecule has 0 aromatic heterocycles. The molecular formula is C11H12N4O6S. The van der Waals surface area contributed by atoms with E-state index in [4.69, 9.17) is 5.73 Å². The second kappa shape index (κ2) is 6.67. The largest absolute Gasteiger partial charge is 0.361 e. The quantitative estimate of drug-likeness (QED) is 0.454. The number of nitrogens with two attached hydrogens (primary N) is 1. The van der Waals surface area contributed by atoms with Gasteiger partial charge < -0.3 is 16.4 Å². The maximum absolute atomic E-state index is 11.8. The number of carbonyl (C=O) groups is 4. The topological polar surface area (TPSA) is 165 Å². The van der Waals surface area contributed by atoms with Gasteiger partial charge in [0.1, 0.15) is 0 Å². The van der Waals surface area contributed by atoms with Crippen molar-refractivity contribution >= 4 is 39.3 Å². The molecule has 118 valence electrons. The maximum atomic E-state index is 11.8. The number of rotatable bonds is 3. The minimum absolute atomic E-state index is 0.125. The van der Waals surface area contributed by atoms with Gasteiger partial charge in [-0.05, 0) is 24.3 Å². The van der Waals surface area contributed by atoms with Crippen LogP contribution in [0.1, 0.15) is 0 Å². The molecule has 0 spiro atoms. The van der Waals surface area contributed by atoms with E-state index in [1.165, 1.54) is 19.2 Å². The van der Waals surface area contributed by atoms with Crippen molar-refractivity contribution < 1.29 is 27.6 Å². The molecule has 1 aromatic carbocycles. The second-order valence-electron chi connectivity index (χ2n) is 3.86. The Balaban J connectivity index is 2.89. The third-order valence-electron chi connectivity index (χ3n) is 2.31. The summed E-state index contributed by atoms with van der Waals surface area (Å²) in [6, 6.07) is 4.49. The fourth-order valence-corrected chi connectivity index (χ4v) is 2.20. The smallest absolute Gasteiger partial charge is 0.322 e. The second-order valence-corrected chi connectivity index (χ2v) is 5.54. The maximum Gasteiger partial charge on any atom is 0.322 e. The number of nitrogens with one attached hydrogen (secondary N) is 3. The summed E-state index contributed by atoms with van der Waals surface area (Å²) in [6.07, 6.45) is 0. The molecule has 22 heavy (non-hydrogen) atoms. The van der Waals surface area contributed by atoms with Crippen molar-refractivity contribution in [3.63, 3.8) is 0 Å². The lowest BCUT2D eigenvalue weighted by molar-refractivity contribution is -0.137. The molecule has 1 rings (SSSR count). The van der Waals surface area contributed by atoms with E-state index in [0.29, 0.717) is 0 Å². The van der Waals surface area contributed by atoms with Crippen LogP contribution in [0.2, 0.25) is 0 Å². The van der Waals surface area contributed by atoms with Crippen molar-refractivity contribution in [3.05, 3.63) is 24.3 Å². The van der Waals surface area contributed by atoms with Crippen molar-refractivity contribution in [2.24, 2.45) is 5.73 Å². The average molecular weight is 328 g/mol. The molecule has 1 aromatic rings. The molecule has 4 amide bonds. The highest BCUT2D eigenvalue weighted by atomic mass is 32.2. The summed E-state index contributed by atoms with van der Waals surface area (Å²) in [5, 5.41) is 4.10. The molecule has 5 N–H and O–H groups in total. The summed E-state index contributed by atoms with van der Waals surface area (Å²) in [5.41, 5.74) is 4.87. The molecule has 10 nitrogen and oxygen atoms in total. The molecule has 0 heterocycles. The fraction of sp³-hybridized carbons (Fsp3) is 0.0909. The monoisotopic (exact) mass is 328 g/mol. The number of hydrogen-bond acceptors (Lipinski definition) is 6. The lowest BCUT2D eigenvalue weighted by Crippen LogP contribution is -2.41. The van der Waals surface area contributed by atoms with Crippen LogP contribution in [0.15, 0.2) is 29.2 Å². The molecule has 11 heteroatoms. The number of carbonyl (C=O) groups excluding carboxylic acids is 4. The van der Waals surface area contributed by atoms with Gasteiger partial charge in [0.15, 0.2) is 0 Å². The van der Waals surface area contributed by atoms with Crippen molar-refractivity contribution in [1.82, 2.24) is 10.0 Å². The molecular weight excluding hydrogens is 316 g/mol. The first-order chi connectivity index (χ1) is 10.2. The Morgan fingerprint density at radius 1 is 0.955 bits per heavy atom. The van der Waals surface area contributed by atoms with Crippen molar-refractivity contribution in [3.8, 4) is 0 Å². The SMILES string of the molecule is CNC(=O)C(=O)NS(=O)(=O)c1ccc(NC(=O)C(N)=O)cc1. The zero-order chi connectivity index (χ0) is 16.9. The van der Waals surface area contributed by atoms with Crippen LogP contribution >= 0.6 is 0 Å². The predicted octanol–water partition coefficient (Wildman–Crippen LogP) is -2.34. The van der Waals surface area contributed by atoms with E-state index in [9.17, 15) is 27.6 Å². The standard InChI is InChI=1S/C11H12N4O6S/c1-13-10(18)11(19)15-22(20,21)7-4-2-6(3-5-7)14-9(17)8(12)16/h2-5H,1H3,(H2,12,16)(H,13,18)(H,14,17)(H,15,19). The van der Waals surface area contributed by atoms with E-state index in [-0.39, 0.29) is 10.6 Å². The average Bonchev–Trinajstić information content (AvgIpc) is 2.46. The first-order valence-corrected chi connectivity index (χ1v) is 7.15. The van der Waals surface area contributed by atoms with Crippen molar-refractivity contribution in [2.75, 3.05) is 12.4 Å². The molecule has 0 atom stereocenters. The summed E-state index contributed by atoms with van der Waals surface area (Å²) >= 11 is 0. The normalized spacial score (nSPS) is 10.4. The van der Waals surface area contributed by atoms with Crippen LogP contribution in [-0.4, -0.2) is 39.1 Å². The van der Waals surface area contributed by atoms with Gasteiger partial charge in [0.05, 0.1) is 4.90 Å². The molecule has 0 aliphatic heterocycles. The van der Waals surface area contributed by atoms with Crippen LogP contribution in [0.25, 0.3) is 0 Å². The molecule has 0 aliphatic rings. The lowest BCUT2D eigenvalue weighted by Gasteiger charge is -2.07. The number of amides is 4. The number of sulfonamides is 1. The zero-order valence-electron chi connectivity index (χ0n) is 11.2. The van der Waals surface area contributed by atoms with E-state index >= 15 is 0 Å². The van der Waals surface area contributed by atoms with Crippen LogP contribution in [-0.2, 0) is 29.2 Å². The van der Waals surface area contributed by atoms with E-state index in [1.54, 1.807) is 4.72 Å². The van der Waals surface area contributed by atoms with Gasteiger partial charge in [0.2, 0.25) is 0 Å². The molecule has 0 bridgehead atoms. The van der Waals surface area contributed by atoms with Crippen LogP contribution in [0.3, 0.4) is 0 Å². The Kier molecular flexibility index (Phi) is 5.18. The van der Waals surface area contributed by atoms with Crippen LogP contribution in [0.5, 0.6) is 0 Å². The van der Waals surface area contributed by atoms with Gasteiger partial charge in [-0.2, -0.15) is 0 Å². The van der Waals surface area contributed by atoms with Crippen LogP contribution in [0, 0.1) is 0 Å². The number of primary amides is 1. The van der Waals surface area contributed by atoms with Crippen molar-refractivity contribution in [1.29, 1.82) is 0 Å². The molecule has 0 unspecified atom stereocenters. The number of likely N-dealkylation sites (N-methyl/N-ethyl adjacent to an activating group) is 1. The summed E-state index contributed by atoms with van der Waals surface area (Å²) in [6.45, 7) is 0. The van der Waals surface area contributed by atoms with E-state index in [1.807, 2.05) is 5.32 Å². The van der Waals surface area contributed by atoms with Gasteiger partial charge in [0, 0.05) is 12.7 Å². The molecule has 0 saturated heterocycles. The highest BCUT2D eigenvalue weighted by Crippen LogP contribution is 2.13. The summed E-state index contributed by atoms with van der Waals surface area (Å²) in [7, 11) is -3.07. The number of benzene rings is 1. The fourth-order valence-electron chi connectivity index (χ4n) is 1.25. The van der Waals surface area contributed by atoms with Gasteiger partial charge >= 0.3 is 23.6 Å². The molecule has 0 fully saturated rings. The first kappa shape index (κ1) is 17.1.